The van der Waals surface area contributed by atoms with E-state index in [9.17, 15) is 0 Å². The average Bonchev–Trinajstić information content (AvgIpc) is 2.44. The van der Waals surface area contributed by atoms with Gasteiger partial charge in [-0.05, 0) is 43.5 Å². The maximum atomic E-state index is 6.31. The molecule has 1 aromatic carbocycles. The van der Waals surface area contributed by atoms with Gasteiger partial charge in [0.25, 0.3) is 0 Å². The molecule has 0 saturated carbocycles. The maximum absolute atomic E-state index is 6.31. The summed E-state index contributed by atoms with van der Waals surface area (Å²) < 4.78 is 0. The molecule has 0 atom stereocenters. The minimum Gasteiger partial charge on any atom is -0.354 e. The first-order valence-corrected chi connectivity index (χ1v) is 7.58. The second-order valence-corrected chi connectivity index (χ2v) is 5.52. The van der Waals surface area contributed by atoms with Gasteiger partial charge in [0.1, 0.15) is 5.82 Å². The van der Waals surface area contributed by atoms with Gasteiger partial charge in [-0.15, -0.1) is 0 Å². The van der Waals surface area contributed by atoms with Gasteiger partial charge in [-0.1, -0.05) is 31.0 Å². The number of anilines is 3. The van der Waals surface area contributed by atoms with Crippen LogP contribution in [-0.2, 0) is 0 Å². The van der Waals surface area contributed by atoms with Gasteiger partial charge in [-0.25, -0.2) is 4.98 Å². The van der Waals surface area contributed by atoms with Crippen LogP contribution in [0.5, 0.6) is 0 Å². The normalized spacial score (nSPS) is 10.5. The Balaban J connectivity index is 2.15. The molecule has 2 rings (SSSR count). The van der Waals surface area contributed by atoms with Crippen molar-refractivity contribution in [3.8, 4) is 0 Å². The van der Waals surface area contributed by atoms with Crippen molar-refractivity contribution in [1.29, 1.82) is 0 Å². The third-order valence-electron chi connectivity index (χ3n) is 3.15. The second kappa shape index (κ2) is 7.27. The standard InChI is InChI=1S/C16H21ClN4/c1-4-5-7-18-16-19-8-6-14(21-16)20-15-12(3)9-11(2)10-13(15)17/h6,8-10H,4-5,7H2,1-3H3,(H2,18,19,20,21). The van der Waals surface area contributed by atoms with Crippen LogP contribution in [0.3, 0.4) is 0 Å². The van der Waals surface area contributed by atoms with Crippen molar-refractivity contribution >= 4 is 29.1 Å². The van der Waals surface area contributed by atoms with Gasteiger partial charge in [-0.3, -0.25) is 0 Å². The van der Waals surface area contributed by atoms with E-state index in [1.54, 1.807) is 6.20 Å². The Bertz CT molecular complexity index is 590. The average molecular weight is 305 g/mol. The molecule has 112 valence electrons. The first kappa shape index (κ1) is 15.6. The molecule has 1 aromatic heterocycles. The number of nitrogens with one attached hydrogen (secondary N) is 2. The van der Waals surface area contributed by atoms with Crippen LogP contribution in [0.2, 0.25) is 5.02 Å². The minimum absolute atomic E-state index is 0.634. The van der Waals surface area contributed by atoms with E-state index in [1.165, 1.54) is 0 Å². The number of aryl methyl sites for hydroxylation is 2. The number of nitrogens with zero attached hydrogens (tertiary/aromatic N) is 2. The lowest BCUT2D eigenvalue weighted by atomic mass is 10.1. The third kappa shape index (κ3) is 4.33. The Labute approximate surface area is 131 Å². The van der Waals surface area contributed by atoms with Gasteiger partial charge in [0.05, 0.1) is 10.7 Å². The number of halogens is 1. The maximum Gasteiger partial charge on any atom is 0.224 e. The number of hydrogen-bond donors (Lipinski definition) is 2. The number of benzene rings is 1. The summed E-state index contributed by atoms with van der Waals surface area (Å²) >= 11 is 6.31. The van der Waals surface area contributed by atoms with Crippen LogP contribution < -0.4 is 10.6 Å². The molecule has 0 saturated heterocycles. The van der Waals surface area contributed by atoms with Crippen molar-refractivity contribution < 1.29 is 0 Å². The van der Waals surface area contributed by atoms with Crippen LogP contribution in [0.15, 0.2) is 24.4 Å². The lowest BCUT2D eigenvalue weighted by molar-refractivity contribution is 0.826. The monoisotopic (exact) mass is 304 g/mol. The SMILES string of the molecule is CCCCNc1nccc(Nc2c(C)cc(C)cc2Cl)n1. The van der Waals surface area contributed by atoms with E-state index in [4.69, 9.17) is 11.6 Å². The van der Waals surface area contributed by atoms with Crippen LogP contribution >= 0.6 is 11.6 Å². The van der Waals surface area contributed by atoms with Crippen molar-refractivity contribution in [1.82, 2.24) is 9.97 Å². The summed E-state index contributed by atoms with van der Waals surface area (Å²) in [6, 6.07) is 5.87. The molecule has 0 aliphatic rings. The fraction of sp³-hybridized carbons (Fsp3) is 0.375. The highest BCUT2D eigenvalue weighted by Crippen LogP contribution is 2.29. The first-order valence-electron chi connectivity index (χ1n) is 7.21. The summed E-state index contributed by atoms with van der Waals surface area (Å²) in [5.41, 5.74) is 3.13. The van der Waals surface area contributed by atoms with Gasteiger partial charge in [0.2, 0.25) is 5.95 Å². The minimum atomic E-state index is 0.634. The van der Waals surface area contributed by atoms with E-state index in [2.05, 4.69) is 33.6 Å². The predicted octanol–water partition coefficient (Wildman–Crippen LogP) is 4.70. The van der Waals surface area contributed by atoms with E-state index in [-0.39, 0.29) is 0 Å². The largest absolute Gasteiger partial charge is 0.354 e. The molecular weight excluding hydrogens is 284 g/mol. The van der Waals surface area contributed by atoms with E-state index in [0.717, 1.165) is 42.0 Å². The van der Waals surface area contributed by atoms with Crippen molar-refractivity contribution in [2.75, 3.05) is 17.2 Å². The molecule has 0 bridgehead atoms. The zero-order valence-corrected chi connectivity index (χ0v) is 13.5. The highest BCUT2D eigenvalue weighted by atomic mass is 35.5. The van der Waals surface area contributed by atoms with Gasteiger partial charge in [0, 0.05) is 12.7 Å². The fourth-order valence-electron chi connectivity index (χ4n) is 2.09. The second-order valence-electron chi connectivity index (χ2n) is 5.11. The lowest BCUT2D eigenvalue weighted by Crippen LogP contribution is -2.06. The number of rotatable bonds is 6. The molecule has 0 radical (unpaired) electrons. The number of unbranched alkanes of at least 4 members (excludes halogenated alkanes) is 1. The van der Waals surface area contributed by atoms with Crippen LogP contribution in [0.25, 0.3) is 0 Å². The smallest absolute Gasteiger partial charge is 0.224 e. The number of hydrogen-bond acceptors (Lipinski definition) is 4. The highest BCUT2D eigenvalue weighted by Gasteiger charge is 2.07. The Morgan fingerprint density at radius 2 is 2.05 bits per heavy atom. The molecule has 0 amide bonds. The molecule has 0 aliphatic carbocycles. The summed E-state index contributed by atoms with van der Waals surface area (Å²) in [4.78, 5) is 8.67. The van der Waals surface area contributed by atoms with E-state index in [1.807, 2.05) is 26.0 Å². The van der Waals surface area contributed by atoms with E-state index < -0.39 is 0 Å². The Kier molecular flexibility index (Phi) is 5.39. The molecule has 5 heteroatoms. The number of aromatic nitrogens is 2. The van der Waals surface area contributed by atoms with Gasteiger partial charge in [-0.2, -0.15) is 4.98 Å². The first-order chi connectivity index (χ1) is 10.1. The third-order valence-corrected chi connectivity index (χ3v) is 3.45. The fourth-order valence-corrected chi connectivity index (χ4v) is 2.46. The molecule has 4 nitrogen and oxygen atoms in total. The predicted molar refractivity (Wildman–Crippen MR) is 89.6 cm³/mol. The molecule has 2 aromatic rings. The topological polar surface area (TPSA) is 49.8 Å². The molecule has 21 heavy (non-hydrogen) atoms. The van der Waals surface area contributed by atoms with Gasteiger partial charge < -0.3 is 10.6 Å². The van der Waals surface area contributed by atoms with Crippen LogP contribution in [0.4, 0.5) is 17.5 Å². The summed E-state index contributed by atoms with van der Waals surface area (Å²) in [5, 5.41) is 7.19. The van der Waals surface area contributed by atoms with Crippen molar-refractivity contribution in [2.24, 2.45) is 0 Å². The molecule has 0 fully saturated rings. The Morgan fingerprint density at radius 1 is 1.24 bits per heavy atom. The van der Waals surface area contributed by atoms with Gasteiger partial charge in [0.15, 0.2) is 0 Å². The summed E-state index contributed by atoms with van der Waals surface area (Å²) in [7, 11) is 0. The van der Waals surface area contributed by atoms with E-state index >= 15 is 0 Å². The molecular formula is C16H21ClN4. The highest BCUT2D eigenvalue weighted by molar-refractivity contribution is 6.33. The van der Waals surface area contributed by atoms with Crippen LogP contribution in [-0.4, -0.2) is 16.5 Å². The van der Waals surface area contributed by atoms with Crippen molar-refractivity contribution in [2.45, 2.75) is 33.6 Å². The Morgan fingerprint density at radius 3 is 2.76 bits per heavy atom. The molecule has 0 spiro atoms. The Hall–Kier alpha value is -1.81. The summed E-state index contributed by atoms with van der Waals surface area (Å²) in [6.45, 7) is 7.10. The quantitative estimate of drug-likeness (QED) is 0.759. The van der Waals surface area contributed by atoms with E-state index in [0.29, 0.717) is 11.0 Å². The van der Waals surface area contributed by atoms with Crippen molar-refractivity contribution in [3.63, 3.8) is 0 Å². The van der Waals surface area contributed by atoms with Crippen LogP contribution in [0.1, 0.15) is 30.9 Å². The van der Waals surface area contributed by atoms with Crippen LogP contribution in [0, 0.1) is 13.8 Å². The molecule has 0 aliphatic heterocycles. The molecule has 1 heterocycles. The zero-order valence-electron chi connectivity index (χ0n) is 12.7. The molecule has 2 N–H and O–H groups in total. The lowest BCUT2D eigenvalue weighted by Gasteiger charge is -2.12. The molecule has 0 unspecified atom stereocenters. The van der Waals surface area contributed by atoms with Crippen molar-refractivity contribution in [3.05, 3.63) is 40.5 Å². The summed E-state index contributed by atoms with van der Waals surface area (Å²) in [6.07, 6.45) is 3.98. The zero-order chi connectivity index (χ0) is 15.2. The van der Waals surface area contributed by atoms with Gasteiger partial charge >= 0.3 is 0 Å². The summed E-state index contributed by atoms with van der Waals surface area (Å²) in [5.74, 6) is 1.37.